The first kappa shape index (κ1) is 10.1. The van der Waals surface area contributed by atoms with Gasteiger partial charge >= 0.3 is 0 Å². The predicted molar refractivity (Wildman–Crippen MR) is 37.3 cm³/mol. The molecular formula is C5H13N3O3. The number of ether oxygens (including phenoxy) is 1. The summed E-state index contributed by atoms with van der Waals surface area (Å²) in [5.41, 5.74) is 2.00. The second-order valence-corrected chi connectivity index (χ2v) is 2.12. The van der Waals surface area contributed by atoms with E-state index in [1.165, 1.54) is 7.11 Å². The molecule has 0 spiro atoms. The van der Waals surface area contributed by atoms with E-state index in [-0.39, 0.29) is 17.8 Å². The number of hydrogen-bond acceptors (Lipinski definition) is 4. The number of hydrogen-bond donors (Lipinski definition) is 1. The molecule has 1 N–H and O–H groups in total. The smallest absolute Gasteiger partial charge is 0.178 e. The zero-order valence-corrected chi connectivity index (χ0v) is 6.90. The van der Waals surface area contributed by atoms with Crippen LogP contribution in [0, 0.1) is 5.21 Å². The maximum Gasteiger partial charge on any atom is 0.178 e. The molecule has 0 bridgehead atoms. The molecule has 0 saturated heterocycles. The number of hydrazine groups is 1. The Kier molecular flexibility index (Phi) is 5.40. The lowest BCUT2D eigenvalue weighted by Gasteiger charge is -2.02. The highest BCUT2D eigenvalue weighted by Crippen LogP contribution is 1.84. The lowest BCUT2D eigenvalue weighted by molar-refractivity contribution is -0.650. The van der Waals surface area contributed by atoms with E-state index in [0.29, 0.717) is 0 Å². The Hall–Kier alpha value is -0.880. The molecule has 0 aliphatic rings. The summed E-state index contributed by atoms with van der Waals surface area (Å²) < 4.78 is 4.51. The van der Waals surface area contributed by atoms with Crippen LogP contribution in [0.25, 0.3) is 0 Å². The maximum absolute atomic E-state index is 10.6. The van der Waals surface area contributed by atoms with Crippen molar-refractivity contribution >= 4 is 0 Å². The molecule has 0 unspecified atom stereocenters. The summed E-state index contributed by atoms with van der Waals surface area (Å²) in [6.45, 7) is 3.57. The average Bonchev–Trinajstić information content (AvgIpc) is 1.86. The average molecular weight is 163 g/mol. The van der Waals surface area contributed by atoms with Crippen molar-refractivity contribution in [2.75, 3.05) is 13.9 Å². The lowest BCUT2D eigenvalue weighted by Crippen LogP contribution is -2.25. The topological polar surface area (TPSA) is 68.9 Å². The molecule has 6 heteroatoms. The predicted octanol–water partition coefficient (Wildman–Crippen LogP) is 0.397. The van der Waals surface area contributed by atoms with Crippen molar-refractivity contribution in [2.24, 2.45) is 5.11 Å². The highest BCUT2D eigenvalue weighted by atomic mass is 16.8. The Morgan fingerprint density at radius 2 is 2.27 bits per heavy atom. The molecule has 0 amide bonds. The second-order valence-electron chi connectivity index (χ2n) is 2.12. The third kappa shape index (κ3) is 7.01. The molecule has 66 valence electrons. The first-order chi connectivity index (χ1) is 5.16. The van der Waals surface area contributed by atoms with Crippen LogP contribution in [0.1, 0.15) is 13.8 Å². The van der Waals surface area contributed by atoms with Crippen molar-refractivity contribution in [2.45, 2.75) is 19.9 Å². The monoisotopic (exact) mass is 163 g/mol. The van der Waals surface area contributed by atoms with E-state index in [9.17, 15) is 5.21 Å². The van der Waals surface area contributed by atoms with Gasteiger partial charge in [-0.05, 0) is 19.4 Å². The highest BCUT2D eigenvalue weighted by molar-refractivity contribution is 4.37. The van der Waals surface area contributed by atoms with Crippen LogP contribution >= 0.6 is 0 Å². The fourth-order valence-corrected chi connectivity index (χ4v) is 0.374. The van der Waals surface area contributed by atoms with Gasteiger partial charge in [0, 0.05) is 12.2 Å². The van der Waals surface area contributed by atoms with Gasteiger partial charge in [-0.1, -0.05) is 0 Å². The fraction of sp³-hybridized carbons (Fsp3) is 1.00. The summed E-state index contributed by atoms with van der Waals surface area (Å²) in [5, 5.41) is 14.1. The molecule has 0 atom stereocenters. The Morgan fingerprint density at radius 3 is 2.73 bits per heavy atom. The summed E-state index contributed by atoms with van der Waals surface area (Å²) >= 11 is 0. The molecule has 0 aromatic carbocycles. The van der Waals surface area contributed by atoms with Crippen LogP contribution in [-0.4, -0.2) is 24.9 Å². The van der Waals surface area contributed by atoms with Crippen LogP contribution in [0.15, 0.2) is 5.11 Å². The first-order valence-corrected chi connectivity index (χ1v) is 3.21. The van der Waals surface area contributed by atoms with Crippen molar-refractivity contribution in [3.05, 3.63) is 5.21 Å². The van der Waals surface area contributed by atoms with E-state index in [1.54, 1.807) is 13.8 Å². The quantitative estimate of drug-likeness (QED) is 0.209. The van der Waals surface area contributed by atoms with Crippen LogP contribution < -0.4 is 5.59 Å². The van der Waals surface area contributed by atoms with Crippen LogP contribution in [0.5, 0.6) is 0 Å². The van der Waals surface area contributed by atoms with E-state index in [0.717, 1.165) is 0 Å². The summed E-state index contributed by atoms with van der Waals surface area (Å²) in [6.07, 6.45) is 0. The van der Waals surface area contributed by atoms with Gasteiger partial charge in [0.25, 0.3) is 0 Å². The van der Waals surface area contributed by atoms with Crippen molar-refractivity contribution in [3.63, 3.8) is 0 Å². The number of nitrogens with one attached hydrogen (secondary N) is 1. The van der Waals surface area contributed by atoms with Crippen molar-refractivity contribution in [3.8, 4) is 0 Å². The van der Waals surface area contributed by atoms with E-state index in [1.807, 2.05) is 5.59 Å². The summed E-state index contributed by atoms with van der Waals surface area (Å²) in [5.74, 6) is 0. The van der Waals surface area contributed by atoms with Gasteiger partial charge in [0.05, 0.1) is 4.97 Å². The summed E-state index contributed by atoms with van der Waals surface area (Å²) in [4.78, 5) is 4.75. The van der Waals surface area contributed by atoms with Gasteiger partial charge in [-0.25, -0.2) is 0 Å². The maximum atomic E-state index is 10.6. The largest absolute Gasteiger partial charge is 0.570 e. The number of methoxy groups -OCH3 is 1. The van der Waals surface area contributed by atoms with Crippen molar-refractivity contribution < 1.29 is 14.5 Å². The molecular weight excluding hydrogens is 150 g/mol. The SMILES string of the molecule is COCON[N+]([O-])=NC(C)C. The van der Waals surface area contributed by atoms with Gasteiger partial charge in [0.2, 0.25) is 0 Å². The number of nitrogens with zero attached hydrogens (tertiary/aromatic N) is 2. The van der Waals surface area contributed by atoms with Gasteiger partial charge in [-0.15, -0.1) is 0 Å². The first-order valence-electron chi connectivity index (χ1n) is 3.21. The van der Waals surface area contributed by atoms with Gasteiger partial charge in [0.15, 0.2) is 6.79 Å². The Morgan fingerprint density at radius 1 is 1.64 bits per heavy atom. The number of rotatable bonds is 5. The molecule has 0 aliphatic carbocycles. The molecule has 0 rings (SSSR count). The normalized spacial score (nSPS) is 12.2. The zero-order valence-electron chi connectivity index (χ0n) is 6.90. The Balaban J connectivity index is 3.43. The standard InChI is InChI=1S/C5H13N3O3/c1-5(2)6-8(9)7-11-4-10-3/h5H,4H2,1-3H3,(H,6,7). The van der Waals surface area contributed by atoms with Gasteiger partial charge in [0.1, 0.15) is 6.04 Å². The van der Waals surface area contributed by atoms with E-state index >= 15 is 0 Å². The molecule has 0 fully saturated rings. The minimum atomic E-state index is -0.0638. The summed E-state index contributed by atoms with van der Waals surface area (Å²) in [6, 6.07) is -0.0638. The molecule has 0 aromatic rings. The van der Waals surface area contributed by atoms with Gasteiger partial charge in [-0.3, -0.25) is 0 Å². The third-order valence-electron chi connectivity index (χ3n) is 0.655. The van der Waals surface area contributed by atoms with E-state index in [2.05, 4.69) is 14.7 Å². The van der Waals surface area contributed by atoms with Gasteiger partial charge in [-0.2, -0.15) is 4.84 Å². The minimum absolute atomic E-state index is 0.00630. The minimum Gasteiger partial charge on any atom is -0.570 e. The summed E-state index contributed by atoms with van der Waals surface area (Å²) in [7, 11) is 1.45. The Labute approximate surface area is 65.3 Å². The second kappa shape index (κ2) is 5.87. The molecule has 11 heavy (non-hydrogen) atoms. The molecule has 0 aromatic heterocycles. The van der Waals surface area contributed by atoms with Crippen LogP contribution in [0.2, 0.25) is 0 Å². The Bertz CT molecular complexity index is 126. The molecule has 0 saturated carbocycles. The molecule has 0 radical (unpaired) electrons. The van der Waals surface area contributed by atoms with Crippen LogP contribution in [-0.2, 0) is 9.57 Å². The van der Waals surface area contributed by atoms with E-state index in [4.69, 9.17) is 0 Å². The lowest BCUT2D eigenvalue weighted by atomic mass is 10.4. The van der Waals surface area contributed by atoms with Crippen molar-refractivity contribution in [1.82, 2.24) is 5.59 Å². The highest BCUT2D eigenvalue weighted by Gasteiger charge is 1.96. The molecule has 6 nitrogen and oxygen atoms in total. The van der Waals surface area contributed by atoms with Gasteiger partial charge < -0.3 is 9.94 Å². The molecule has 0 aliphatic heterocycles. The van der Waals surface area contributed by atoms with Crippen LogP contribution in [0.3, 0.4) is 0 Å². The van der Waals surface area contributed by atoms with Crippen molar-refractivity contribution in [1.29, 1.82) is 0 Å². The van der Waals surface area contributed by atoms with Crippen LogP contribution in [0.4, 0.5) is 0 Å². The zero-order chi connectivity index (χ0) is 8.69. The fourth-order valence-electron chi connectivity index (χ4n) is 0.374. The molecule has 0 heterocycles. The third-order valence-corrected chi connectivity index (χ3v) is 0.655. The van der Waals surface area contributed by atoms with E-state index < -0.39 is 0 Å².